The van der Waals surface area contributed by atoms with E-state index in [2.05, 4.69) is 27.9 Å². The molecule has 0 unspecified atom stereocenters. The zero-order valence-corrected chi connectivity index (χ0v) is 16.5. The monoisotopic (exact) mass is 413 g/mol. The molecule has 4 rings (SSSR count). The quantitative estimate of drug-likeness (QED) is 0.662. The molecule has 3 aromatic rings. The molecule has 0 atom stereocenters. The molecule has 0 radical (unpaired) electrons. The molecule has 2 aromatic carbocycles. The average molecular weight is 414 g/mol. The Kier molecular flexibility index (Phi) is 6.58. The van der Waals surface area contributed by atoms with Gasteiger partial charge in [0, 0.05) is 37.8 Å². The molecule has 1 aromatic heterocycles. The van der Waals surface area contributed by atoms with E-state index in [0.29, 0.717) is 31.1 Å². The maximum Gasteiger partial charge on any atom is 0.243 e. The van der Waals surface area contributed by atoms with Crippen LogP contribution in [0.15, 0.2) is 71.8 Å². The summed E-state index contributed by atoms with van der Waals surface area (Å²) in [6.07, 6.45) is 2.05. The first-order chi connectivity index (χ1) is 11.7. The molecule has 0 spiro atoms. The van der Waals surface area contributed by atoms with Crippen LogP contribution in [0.25, 0.3) is 10.9 Å². The van der Waals surface area contributed by atoms with Gasteiger partial charge in [-0.1, -0.05) is 36.4 Å². The van der Waals surface area contributed by atoms with Crippen LogP contribution in [0.4, 0.5) is 0 Å². The van der Waals surface area contributed by atoms with Gasteiger partial charge in [-0.05, 0) is 24.3 Å². The number of sulfonamides is 1. The van der Waals surface area contributed by atoms with Crippen molar-refractivity contribution in [2.24, 2.45) is 0 Å². The average Bonchev–Trinajstić information content (AvgIpc) is 3.07. The van der Waals surface area contributed by atoms with Crippen LogP contribution in [0.3, 0.4) is 0 Å². The van der Waals surface area contributed by atoms with Gasteiger partial charge in [0.25, 0.3) is 0 Å². The van der Waals surface area contributed by atoms with Crippen LogP contribution < -0.4 is 5.01 Å². The van der Waals surface area contributed by atoms with Crippen molar-refractivity contribution >= 4 is 45.7 Å². The van der Waals surface area contributed by atoms with Crippen molar-refractivity contribution in [1.82, 2.24) is 8.98 Å². The van der Waals surface area contributed by atoms with Gasteiger partial charge < -0.3 is 5.01 Å². The van der Waals surface area contributed by atoms with E-state index in [-0.39, 0.29) is 24.8 Å². The Hall–Kier alpha value is -1.73. The fraction of sp³-hybridized carbons (Fsp3) is 0.222. The summed E-state index contributed by atoms with van der Waals surface area (Å²) in [7, 11) is -3.40. The number of hydrogen-bond acceptors (Lipinski definition) is 3. The second kappa shape index (κ2) is 8.31. The van der Waals surface area contributed by atoms with E-state index in [9.17, 15) is 8.42 Å². The molecule has 26 heavy (non-hydrogen) atoms. The first-order valence-corrected chi connectivity index (χ1v) is 9.47. The predicted octanol–water partition coefficient (Wildman–Crippen LogP) is 3.13. The molecule has 5 nitrogen and oxygen atoms in total. The Labute approximate surface area is 166 Å². The lowest BCUT2D eigenvalue weighted by atomic mass is 10.2. The highest BCUT2D eigenvalue weighted by atomic mass is 35.5. The summed E-state index contributed by atoms with van der Waals surface area (Å²) >= 11 is 0. The van der Waals surface area contributed by atoms with Crippen molar-refractivity contribution in [2.75, 3.05) is 31.2 Å². The minimum absolute atomic E-state index is 0. The minimum atomic E-state index is -3.40. The summed E-state index contributed by atoms with van der Waals surface area (Å²) in [6.45, 7) is 2.32. The number of aromatic nitrogens is 1. The smallest absolute Gasteiger partial charge is 0.243 e. The van der Waals surface area contributed by atoms with Crippen LogP contribution in [-0.2, 0) is 10.0 Å². The molecule has 0 saturated carbocycles. The molecule has 0 bridgehead atoms. The van der Waals surface area contributed by atoms with E-state index in [1.807, 2.05) is 24.4 Å². The first-order valence-electron chi connectivity index (χ1n) is 8.03. The SMILES string of the molecule is Cl.Cl.O=S(=O)(c1ccccc1)N1CCN(n2ccc3ccccc32)CC1. The Morgan fingerprint density at radius 2 is 1.35 bits per heavy atom. The van der Waals surface area contributed by atoms with Crippen LogP contribution in [0.5, 0.6) is 0 Å². The lowest BCUT2D eigenvalue weighted by molar-refractivity contribution is 0.355. The minimum Gasteiger partial charge on any atom is -0.310 e. The van der Waals surface area contributed by atoms with E-state index < -0.39 is 10.0 Å². The predicted molar refractivity (Wildman–Crippen MR) is 110 cm³/mol. The zero-order valence-electron chi connectivity index (χ0n) is 14.1. The number of nitrogens with zero attached hydrogens (tertiary/aromatic N) is 3. The van der Waals surface area contributed by atoms with Gasteiger partial charge in [-0.3, -0.25) is 4.68 Å². The van der Waals surface area contributed by atoms with Crippen LogP contribution in [-0.4, -0.2) is 43.6 Å². The van der Waals surface area contributed by atoms with Crippen molar-refractivity contribution in [3.63, 3.8) is 0 Å². The Balaban J connectivity index is 0.00000121. The highest BCUT2D eigenvalue weighted by Crippen LogP contribution is 2.19. The van der Waals surface area contributed by atoms with E-state index in [0.717, 1.165) is 5.52 Å². The largest absolute Gasteiger partial charge is 0.310 e. The highest BCUT2D eigenvalue weighted by Gasteiger charge is 2.28. The standard InChI is InChI=1S/C18H19N3O2S.2ClH/c22-24(23,17-7-2-1-3-8-17)20-14-12-19(13-15-20)21-11-10-16-6-4-5-9-18(16)21;;/h1-11H,12-15H2;2*1H. The molecule has 1 aliphatic heterocycles. The van der Waals surface area contributed by atoms with Gasteiger partial charge in [-0.25, -0.2) is 8.42 Å². The summed E-state index contributed by atoms with van der Waals surface area (Å²) < 4.78 is 29.1. The van der Waals surface area contributed by atoms with Crippen LogP contribution in [0.2, 0.25) is 0 Å². The molecule has 1 saturated heterocycles. The topological polar surface area (TPSA) is 45.6 Å². The molecule has 1 fully saturated rings. The first kappa shape index (κ1) is 20.6. The van der Waals surface area contributed by atoms with Crippen molar-refractivity contribution in [3.05, 3.63) is 66.9 Å². The summed E-state index contributed by atoms with van der Waals surface area (Å²) in [5.41, 5.74) is 1.15. The Bertz CT molecular complexity index is 953. The van der Waals surface area contributed by atoms with Crippen molar-refractivity contribution in [3.8, 4) is 0 Å². The summed E-state index contributed by atoms with van der Waals surface area (Å²) in [5, 5.41) is 3.39. The molecule has 140 valence electrons. The number of hydrogen-bond donors (Lipinski definition) is 0. The second-order valence-corrected chi connectivity index (χ2v) is 7.83. The third-order valence-electron chi connectivity index (χ3n) is 4.48. The van der Waals surface area contributed by atoms with Gasteiger partial charge >= 0.3 is 0 Å². The van der Waals surface area contributed by atoms with Gasteiger partial charge in [-0.2, -0.15) is 4.31 Å². The normalized spacial score (nSPS) is 15.3. The van der Waals surface area contributed by atoms with Gasteiger partial charge in [0.2, 0.25) is 10.0 Å². The number of benzene rings is 2. The van der Waals surface area contributed by atoms with E-state index in [4.69, 9.17) is 0 Å². The fourth-order valence-electron chi connectivity index (χ4n) is 3.19. The number of halogens is 2. The number of para-hydroxylation sites is 1. The van der Waals surface area contributed by atoms with Crippen LogP contribution in [0, 0.1) is 0 Å². The highest BCUT2D eigenvalue weighted by molar-refractivity contribution is 7.89. The van der Waals surface area contributed by atoms with Crippen LogP contribution in [0.1, 0.15) is 0 Å². The second-order valence-electron chi connectivity index (χ2n) is 5.89. The molecular weight excluding hydrogens is 393 g/mol. The zero-order chi connectivity index (χ0) is 16.6. The summed E-state index contributed by atoms with van der Waals surface area (Å²) in [4.78, 5) is 0.366. The number of piperazine rings is 1. The maximum atomic E-state index is 12.7. The van der Waals surface area contributed by atoms with E-state index >= 15 is 0 Å². The fourth-order valence-corrected chi connectivity index (χ4v) is 4.63. The van der Waals surface area contributed by atoms with Crippen molar-refractivity contribution < 1.29 is 8.42 Å². The van der Waals surface area contributed by atoms with Gasteiger partial charge in [-0.15, -0.1) is 24.8 Å². The molecule has 2 heterocycles. The van der Waals surface area contributed by atoms with E-state index in [1.54, 1.807) is 28.6 Å². The molecule has 0 amide bonds. The van der Waals surface area contributed by atoms with Crippen molar-refractivity contribution in [2.45, 2.75) is 4.90 Å². The Morgan fingerprint density at radius 3 is 2.04 bits per heavy atom. The Morgan fingerprint density at radius 1 is 0.731 bits per heavy atom. The molecule has 8 heteroatoms. The summed E-state index contributed by atoms with van der Waals surface area (Å²) in [6, 6.07) is 19.0. The lowest BCUT2D eigenvalue weighted by Crippen LogP contribution is -2.52. The van der Waals surface area contributed by atoms with Crippen LogP contribution >= 0.6 is 24.8 Å². The number of fused-ring (bicyclic) bond motifs is 1. The molecule has 0 aliphatic carbocycles. The molecule has 1 aliphatic rings. The van der Waals surface area contributed by atoms with Gasteiger partial charge in [0.05, 0.1) is 10.4 Å². The number of rotatable bonds is 3. The summed E-state index contributed by atoms with van der Waals surface area (Å²) in [5.74, 6) is 0. The van der Waals surface area contributed by atoms with Gasteiger partial charge in [0.1, 0.15) is 0 Å². The third kappa shape index (κ3) is 3.69. The third-order valence-corrected chi connectivity index (χ3v) is 6.39. The maximum absolute atomic E-state index is 12.7. The van der Waals surface area contributed by atoms with E-state index in [1.165, 1.54) is 5.39 Å². The van der Waals surface area contributed by atoms with Gasteiger partial charge in [0.15, 0.2) is 0 Å². The lowest BCUT2D eigenvalue weighted by Gasteiger charge is -2.36. The molecule has 0 N–H and O–H groups in total. The van der Waals surface area contributed by atoms with Crippen molar-refractivity contribution in [1.29, 1.82) is 0 Å². The molecular formula is C18H21Cl2N3O2S.